The maximum absolute atomic E-state index is 11.4. The predicted octanol–water partition coefficient (Wildman–Crippen LogP) is 4.63. The number of pyridine rings is 1. The van der Waals surface area contributed by atoms with Crippen molar-refractivity contribution in [2.24, 2.45) is 0 Å². The molecule has 8 heteroatoms. The highest BCUT2D eigenvalue weighted by Crippen LogP contribution is 2.24. The molecule has 0 saturated carbocycles. The van der Waals surface area contributed by atoms with Crippen LogP contribution in [0.1, 0.15) is 34.4 Å². The summed E-state index contributed by atoms with van der Waals surface area (Å²) >= 11 is 6.36. The summed E-state index contributed by atoms with van der Waals surface area (Å²) in [6.45, 7) is 4.57. The lowest BCUT2D eigenvalue weighted by molar-refractivity contribution is 0.0600. The van der Waals surface area contributed by atoms with Gasteiger partial charge in [0.25, 0.3) is 0 Å². The van der Waals surface area contributed by atoms with Gasteiger partial charge in [-0.3, -0.25) is 0 Å². The van der Waals surface area contributed by atoms with Crippen molar-refractivity contribution in [3.8, 4) is 11.6 Å². The highest BCUT2D eigenvalue weighted by atomic mass is 35.5. The topological polar surface area (TPSA) is 86.2 Å². The predicted molar refractivity (Wildman–Crippen MR) is 115 cm³/mol. The Morgan fingerprint density at radius 3 is 2.53 bits per heavy atom. The molecule has 0 atom stereocenters. The average Bonchev–Trinajstić information content (AvgIpc) is 2.77. The van der Waals surface area contributed by atoms with Crippen LogP contribution in [0, 0.1) is 6.92 Å². The van der Waals surface area contributed by atoms with Crippen molar-refractivity contribution in [3.05, 3.63) is 70.3 Å². The fourth-order valence-electron chi connectivity index (χ4n) is 2.82. The van der Waals surface area contributed by atoms with Crippen molar-refractivity contribution in [1.82, 2.24) is 15.0 Å². The molecule has 0 radical (unpaired) electrons. The van der Waals surface area contributed by atoms with Gasteiger partial charge in [-0.15, -0.1) is 0 Å². The van der Waals surface area contributed by atoms with E-state index in [4.69, 9.17) is 16.3 Å². The number of methoxy groups -OCH3 is 1. The summed E-state index contributed by atoms with van der Waals surface area (Å²) in [5.41, 5.74) is 2.36. The van der Waals surface area contributed by atoms with Gasteiger partial charge in [-0.1, -0.05) is 30.7 Å². The molecule has 0 saturated heterocycles. The lowest BCUT2D eigenvalue weighted by Crippen LogP contribution is -2.09. The first-order valence-electron chi connectivity index (χ1n) is 9.58. The van der Waals surface area contributed by atoms with Crippen LogP contribution in [0.4, 0.5) is 5.82 Å². The van der Waals surface area contributed by atoms with Crippen LogP contribution in [0.2, 0.25) is 5.02 Å². The van der Waals surface area contributed by atoms with Gasteiger partial charge in [-0.05, 0) is 43.5 Å². The second-order valence-electron chi connectivity index (χ2n) is 6.53. The van der Waals surface area contributed by atoms with Crippen LogP contribution in [-0.2, 0) is 17.6 Å². The van der Waals surface area contributed by atoms with Crippen LogP contribution in [0.5, 0.6) is 11.6 Å². The number of rotatable bonds is 8. The van der Waals surface area contributed by atoms with Crippen LogP contribution in [-0.4, -0.2) is 34.6 Å². The molecule has 0 spiro atoms. The van der Waals surface area contributed by atoms with E-state index in [2.05, 4.69) is 25.0 Å². The first-order valence-corrected chi connectivity index (χ1v) is 9.96. The van der Waals surface area contributed by atoms with E-state index in [1.807, 2.05) is 38.1 Å². The summed E-state index contributed by atoms with van der Waals surface area (Å²) in [4.78, 5) is 24.3. The molecule has 1 N–H and O–H groups in total. The Labute approximate surface area is 180 Å². The second kappa shape index (κ2) is 10.0. The molecule has 7 nitrogen and oxygen atoms in total. The molecule has 1 aromatic carbocycles. The molecule has 0 unspecified atom stereocenters. The molecule has 156 valence electrons. The standard InChI is InChI=1S/C22H23ClN4O3/c1-4-18-20(23)21(27-14(2)26-18)24-12-11-15-5-8-17(9-6-15)30-19-10-7-16(13-25-19)22(28)29-3/h5-10,13H,4,11-12H2,1-3H3,(H,24,26,27). The number of hydrogen-bond donors (Lipinski definition) is 1. The van der Waals surface area contributed by atoms with Gasteiger partial charge in [0.05, 0.1) is 18.4 Å². The molecular weight excluding hydrogens is 404 g/mol. The Balaban J connectivity index is 1.55. The van der Waals surface area contributed by atoms with E-state index in [1.165, 1.54) is 13.3 Å². The molecule has 0 aliphatic heterocycles. The van der Waals surface area contributed by atoms with Gasteiger partial charge < -0.3 is 14.8 Å². The monoisotopic (exact) mass is 426 g/mol. The zero-order valence-corrected chi connectivity index (χ0v) is 17.9. The minimum atomic E-state index is -0.434. The van der Waals surface area contributed by atoms with Gasteiger partial charge in [0.15, 0.2) is 0 Å². The van der Waals surface area contributed by atoms with Crippen molar-refractivity contribution in [2.45, 2.75) is 26.7 Å². The third-order valence-corrected chi connectivity index (χ3v) is 4.77. The first-order chi connectivity index (χ1) is 14.5. The number of anilines is 1. The van der Waals surface area contributed by atoms with E-state index < -0.39 is 5.97 Å². The largest absolute Gasteiger partial charge is 0.465 e. The van der Waals surface area contributed by atoms with Gasteiger partial charge in [0, 0.05) is 18.8 Å². The smallest absolute Gasteiger partial charge is 0.339 e. The number of esters is 1. The van der Waals surface area contributed by atoms with Crippen molar-refractivity contribution < 1.29 is 14.3 Å². The minimum Gasteiger partial charge on any atom is -0.465 e. The molecule has 30 heavy (non-hydrogen) atoms. The maximum atomic E-state index is 11.4. The van der Waals surface area contributed by atoms with E-state index in [9.17, 15) is 4.79 Å². The Kier molecular flexibility index (Phi) is 7.19. The zero-order valence-electron chi connectivity index (χ0n) is 17.1. The molecule has 0 fully saturated rings. The van der Waals surface area contributed by atoms with Crippen LogP contribution in [0.25, 0.3) is 0 Å². The van der Waals surface area contributed by atoms with Gasteiger partial charge in [-0.25, -0.2) is 19.7 Å². The summed E-state index contributed by atoms with van der Waals surface area (Å²) in [5, 5.41) is 3.87. The van der Waals surface area contributed by atoms with Gasteiger partial charge in [-0.2, -0.15) is 0 Å². The molecule has 2 heterocycles. The van der Waals surface area contributed by atoms with E-state index in [0.29, 0.717) is 40.4 Å². The number of benzene rings is 1. The molecule has 2 aromatic heterocycles. The normalized spacial score (nSPS) is 10.5. The third kappa shape index (κ3) is 5.45. The van der Waals surface area contributed by atoms with Crippen LogP contribution in [0.3, 0.4) is 0 Å². The van der Waals surface area contributed by atoms with Crippen molar-refractivity contribution in [1.29, 1.82) is 0 Å². The van der Waals surface area contributed by atoms with E-state index in [-0.39, 0.29) is 0 Å². The van der Waals surface area contributed by atoms with Crippen molar-refractivity contribution >= 4 is 23.4 Å². The number of aryl methyl sites for hydroxylation is 2. The number of nitrogens with one attached hydrogen (secondary N) is 1. The van der Waals surface area contributed by atoms with Crippen molar-refractivity contribution in [3.63, 3.8) is 0 Å². The first kappa shape index (κ1) is 21.5. The summed E-state index contributed by atoms with van der Waals surface area (Å²) in [5.74, 6) is 2.00. The highest BCUT2D eigenvalue weighted by Gasteiger charge is 2.10. The fraction of sp³-hybridized carbons (Fsp3) is 0.273. The number of carbonyl (C=O) groups excluding carboxylic acids is 1. The Morgan fingerprint density at radius 1 is 1.13 bits per heavy atom. The van der Waals surface area contributed by atoms with Gasteiger partial charge >= 0.3 is 5.97 Å². The van der Waals surface area contributed by atoms with Gasteiger partial charge in [0.1, 0.15) is 22.4 Å². The lowest BCUT2D eigenvalue weighted by atomic mass is 10.1. The SMILES string of the molecule is CCc1nc(C)nc(NCCc2ccc(Oc3ccc(C(=O)OC)cn3)cc2)c1Cl. The number of carbonyl (C=O) groups is 1. The van der Waals surface area contributed by atoms with E-state index in [1.54, 1.807) is 12.1 Å². The van der Waals surface area contributed by atoms with Crippen molar-refractivity contribution in [2.75, 3.05) is 19.0 Å². The number of hydrogen-bond acceptors (Lipinski definition) is 7. The minimum absolute atomic E-state index is 0.373. The maximum Gasteiger partial charge on any atom is 0.339 e. The average molecular weight is 427 g/mol. The molecule has 3 aromatic rings. The van der Waals surface area contributed by atoms with Crippen LogP contribution >= 0.6 is 11.6 Å². The Morgan fingerprint density at radius 2 is 1.90 bits per heavy atom. The summed E-state index contributed by atoms with van der Waals surface area (Å²) < 4.78 is 10.4. The summed E-state index contributed by atoms with van der Waals surface area (Å²) in [6.07, 6.45) is 2.98. The molecular formula is C22H23ClN4O3. The lowest BCUT2D eigenvalue weighted by Gasteiger charge is -2.11. The number of ether oxygens (including phenoxy) is 2. The number of aromatic nitrogens is 3. The van der Waals surface area contributed by atoms with Gasteiger partial charge in [0.2, 0.25) is 5.88 Å². The van der Waals surface area contributed by atoms with Crippen LogP contribution in [0.15, 0.2) is 42.6 Å². The highest BCUT2D eigenvalue weighted by molar-refractivity contribution is 6.33. The molecule has 3 rings (SSSR count). The third-order valence-electron chi connectivity index (χ3n) is 4.38. The molecule has 0 bridgehead atoms. The quantitative estimate of drug-likeness (QED) is 0.525. The number of nitrogens with zero attached hydrogens (tertiary/aromatic N) is 3. The summed E-state index contributed by atoms with van der Waals surface area (Å²) in [7, 11) is 1.33. The molecule has 0 aliphatic carbocycles. The van der Waals surface area contributed by atoms with E-state index in [0.717, 1.165) is 24.1 Å². The zero-order chi connectivity index (χ0) is 21.5. The summed E-state index contributed by atoms with van der Waals surface area (Å²) in [6, 6.07) is 11.0. The fourth-order valence-corrected chi connectivity index (χ4v) is 3.10. The molecule has 0 aliphatic rings. The van der Waals surface area contributed by atoms with Crippen LogP contribution < -0.4 is 10.1 Å². The number of halogens is 1. The second-order valence-corrected chi connectivity index (χ2v) is 6.91. The Bertz CT molecular complexity index is 1010. The Hall–Kier alpha value is -3.19. The molecule has 0 amide bonds. The van der Waals surface area contributed by atoms with E-state index >= 15 is 0 Å².